The summed E-state index contributed by atoms with van der Waals surface area (Å²) in [6.45, 7) is 1.78. The molecule has 0 atom stereocenters. The van der Waals surface area contributed by atoms with E-state index in [-0.39, 0.29) is 5.69 Å². The maximum Gasteiger partial charge on any atom is 0.269 e. The molecule has 0 aliphatic carbocycles. The maximum atomic E-state index is 10.5. The highest BCUT2D eigenvalue weighted by molar-refractivity contribution is 7.80. The fourth-order valence-electron chi connectivity index (χ4n) is 1.83. The Morgan fingerprint density at radius 3 is 2.36 bits per heavy atom. The molecule has 10 nitrogen and oxygen atoms in total. The van der Waals surface area contributed by atoms with Gasteiger partial charge in [-0.3, -0.25) is 14.3 Å². The number of imidazole rings is 1. The average molecular weight is 372 g/mol. The monoisotopic (exact) mass is 372 g/mol. The zero-order chi connectivity index (χ0) is 18.9. The van der Waals surface area contributed by atoms with Crippen LogP contribution in [0.15, 0.2) is 43.0 Å². The first-order chi connectivity index (χ1) is 11.7. The van der Waals surface area contributed by atoms with Gasteiger partial charge >= 0.3 is 0 Å². The first-order valence-corrected chi connectivity index (χ1v) is 8.55. The molecule has 2 rings (SSSR count). The van der Waals surface area contributed by atoms with Crippen LogP contribution >= 0.6 is 0 Å². The normalized spacial score (nSPS) is 10.7. The highest BCUT2D eigenvalue weighted by Gasteiger charge is 2.03. The molecule has 1 aromatic carbocycles. The molecule has 0 saturated carbocycles. The average Bonchev–Trinajstić information content (AvgIpc) is 2.97. The smallest absolute Gasteiger partial charge is 0.269 e. The second-order valence-electron chi connectivity index (χ2n) is 4.98. The molecule has 2 aromatic rings. The zero-order valence-corrected chi connectivity index (χ0v) is 14.7. The zero-order valence-electron chi connectivity index (χ0n) is 13.9. The van der Waals surface area contributed by atoms with Crippen molar-refractivity contribution in [1.82, 2.24) is 4.57 Å². The molecule has 0 spiro atoms. The summed E-state index contributed by atoms with van der Waals surface area (Å²) >= 11 is 0. The lowest BCUT2D eigenvalue weighted by Gasteiger charge is -2.04. The van der Waals surface area contributed by atoms with Crippen LogP contribution in [0.4, 0.5) is 11.4 Å². The fraction of sp³-hybridized carbons (Fsp3) is 0.357. The third kappa shape index (κ3) is 8.79. The second kappa shape index (κ2) is 9.71. The lowest BCUT2D eigenvalue weighted by Crippen LogP contribution is -2.23. The predicted octanol–water partition coefficient (Wildman–Crippen LogP) is 0.816. The van der Waals surface area contributed by atoms with Crippen LogP contribution in [0.5, 0.6) is 0 Å². The number of benzene rings is 1. The van der Waals surface area contributed by atoms with Crippen molar-refractivity contribution in [2.75, 3.05) is 19.0 Å². The molecular formula is C14H20N4O6S. The van der Waals surface area contributed by atoms with Gasteiger partial charge in [0.25, 0.3) is 5.69 Å². The van der Waals surface area contributed by atoms with E-state index in [4.69, 9.17) is 0 Å². The molecule has 138 valence electrons. The molecule has 0 bridgehead atoms. The Labute approximate surface area is 145 Å². The van der Waals surface area contributed by atoms with Crippen LogP contribution in [-0.2, 0) is 28.2 Å². The van der Waals surface area contributed by atoms with Crippen LogP contribution in [0.2, 0.25) is 0 Å². The standard InChI is InChI=1S/C13H17N4O2.CH4O4S/c1-15-9-10-16(11-15)8-2-7-14-12-3-5-13(6-4-12)17(18)19;1-5-6(2,3)4/h3-6,9-11,14H,2,7-8H2,1H3;1H3,(H,2,3,4)/q+1;/p-1. The lowest BCUT2D eigenvalue weighted by atomic mass is 10.3. The van der Waals surface area contributed by atoms with Crippen molar-refractivity contribution in [3.05, 3.63) is 53.1 Å². The first kappa shape index (κ1) is 20.5. The highest BCUT2D eigenvalue weighted by atomic mass is 32.3. The largest absolute Gasteiger partial charge is 0.726 e. The van der Waals surface area contributed by atoms with Gasteiger partial charge in [0.1, 0.15) is 12.4 Å². The van der Waals surface area contributed by atoms with Crippen LogP contribution < -0.4 is 9.88 Å². The number of anilines is 1. The third-order valence-electron chi connectivity index (χ3n) is 3.03. The van der Waals surface area contributed by atoms with Crippen LogP contribution in [0.25, 0.3) is 0 Å². The van der Waals surface area contributed by atoms with Gasteiger partial charge in [0, 0.05) is 30.8 Å². The van der Waals surface area contributed by atoms with Crippen molar-refractivity contribution in [2.24, 2.45) is 7.05 Å². The van der Waals surface area contributed by atoms with Gasteiger partial charge in [-0.25, -0.2) is 17.6 Å². The van der Waals surface area contributed by atoms with Crippen LogP contribution in [0.3, 0.4) is 0 Å². The molecule has 1 N–H and O–H groups in total. The Hall–Kier alpha value is -2.50. The van der Waals surface area contributed by atoms with Gasteiger partial charge in [-0.05, 0) is 12.1 Å². The summed E-state index contributed by atoms with van der Waals surface area (Å²) in [5, 5.41) is 13.8. The number of hydrogen-bond donors (Lipinski definition) is 1. The van der Waals surface area contributed by atoms with Crippen molar-refractivity contribution < 1.29 is 26.6 Å². The Balaban J connectivity index is 0.000000450. The summed E-state index contributed by atoms with van der Waals surface area (Å²) in [4.78, 5) is 10.1. The van der Waals surface area contributed by atoms with Gasteiger partial charge in [-0.1, -0.05) is 0 Å². The summed E-state index contributed by atoms with van der Waals surface area (Å²) in [7, 11) is -1.61. The van der Waals surface area contributed by atoms with Crippen molar-refractivity contribution in [1.29, 1.82) is 0 Å². The minimum absolute atomic E-state index is 0.116. The summed E-state index contributed by atoms with van der Waals surface area (Å²) in [5.74, 6) is 0. The van der Waals surface area contributed by atoms with Crippen molar-refractivity contribution >= 4 is 21.8 Å². The molecule has 1 heterocycles. The molecule has 0 amide bonds. The maximum absolute atomic E-state index is 10.5. The topological polar surface area (TPSA) is 130 Å². The number of hydrogen-bond acceptors (Lipinski definition) is 7. The van der Waals surface area contributed by atoms with Crippen molar-refractivity contribution in [3.63, 3.8) is 0 Å². The SMILES string of the molecule is COS(=O)(=O)[O-].C[n+]1ccn(CCCNc2ccc([N+](=O)[O-])cc2)c1. The summed E-state index contributed by atoms with van der Waals surface area (Å²) in [6, 6.07) is 6.48. The van der Waals surface area contributed by atoms with Gasteiger partial charge in [0.05, 0.1) is 25.6 Å². The molecule has 0 unspecified atom stereocenters. The third-order valence-corrected chi connectivity index (χ3v) is 3.44. The minimum Gasteiger partial charge on any atom is -0.726 e. The number of nitrogens with zero attached hydrogens (tertiary/aromatic N) is 3. The first-order valence-electron chi connectivity index (χ1n) is 7.22. The molecular weight excluding hydrogens is 352 g/mol. The van der Waals surface area contributed by atoms with Gasteiger partial charge in [-0.15, -0.1) is 0 Å². The number of nitro groups is 1. The van der Waals surface area contributed by atoms with Crippen molar-refractivity contribution in [3.8, 4) is 0 Å². The van der Waals surface area contributed by atoms with E-state index in [0.29, 0.717) is 0 Å². The molecule has 1 aromatic heterocycles. The molecule has 11 heteroatoms. The van der Waals surface area contributed by atoms with E-state index in [2.05, 4.69) is 14.1 Å². The van der Waals surface area contributed by atoms with E-state index in [0.717, 1.165) is 32.3 Å². The molecule has 25 heavy (non-hydrogen) atoms. The molecule has 0 fully saturated rings. The number of aromatic nitrogens is 2. The number of nitrogens with one attached hydrogen (secondary N) is 1. The predicted molar refractivity (Wildman–Crippen MR) is 88.5 cm³/mol. The Morgan fingerprint density at radius 1 is 1.32 bits per heavy atom. The van der Waals surface area contributed by atoms with Gasteiger partial charge < -0.3 is 9.87 Å². The molecule has 0 aliphatic rings. The van der Waals surface area contributed by atoms with E-state index in [1.54, 1.807) is 12.1 Å². The summed E-state index contributed by atoms with van der Waals surface area (Å²) < 4.78 is 35.1. The fourth-order valence-corrected chi connectivity index (χ4v) is 1.83. The van der Waals surface area contributed by atoms with Crippen molar-refractivity contribution in [2.45, 2.75) is 13.0 Å². The van der Waals surface area contributed by atoms with Gasteiger partial charge in [0.15, 0.2) is 0 Å². The van der Waals surface area contributed by atoms with Gasteiger partial charge in [-0.2, -0.15) is 0 Å². The molecule has 0 radical (unpaired) electrons. The second-order valence-corrected chi connectivity index (χ2v) is 6.13. The highest BCUT2D eigenvalue weighted by Crippen LogP contribution is 2.15. The van der Waals surface area contributed by atoms with E-state index >= 15 is 0 Å². The van der Waals surface area contributed by atoms with E-state index in [1.165, 1.54) is 12.1 Å². The number of rotatable bonds is 7. The minimum atomic E-state index is -4.41. The van der Waals surface area contributed by atoms with Crippen LogP contribution in [0, 0.1) is 10.1 Å². The van der Waals surface area contributed by atoms with Crippen LogP contribution in [-0.4, -0.2) is 36.1 Å². The van der Waals surface area contributed by atoms with E-state index < -0.39 is 15.3 Å². The lowest BCUT2D eigenvalue weighted by molar-refractivity contribution is -0.671. The molecule has 0 saturated heterocycles. The number of nitro benzene ring substituents is 1. The van der Waals surface area contributed by atoms with E-state index in [1.807, 2.05) is 30.3 Å². The quantitative estimate of drug-likeness (QED) is 0.190. The van der Waals surface area contributed by atoms with E-state index in [9.17, 15) is 23.1 Å². The molecule has 0 aliphatic heterocycles. The van der Waals surface area contributed by atoms with Gasteiger partial charge in [0.2, 0.25) is 16.7 Å². The Bertz CT molecular complexity index is 773. The number of aryl methyl sites for hydroxylation is 2. The van der Waals surface area contributed by atoms with Crippen LogP contribution in [0.1, 0.15) is 6.42 Å². The Kier molecular flexibility index (Phi) is 7.98. The summed E-state index contributed by atoms with van der Waals surface area (Å²) in [5.41, 5.74) is 1.02. The summed E-state index contributed by atoms with van der Waals surface area (Å²) in [6.07, 6.45) is 7.06. The Morgan fingerprint density at radius 2 is 1.92 bits per heavy atom. The number of non-ortho nitro benzene ring substituents is 1.